The van der Waals surface area contributed by atoms with Gasteiger partial charge in [-0.05, 0) is 11.6 Å². The van der Waals surface area contributed by atoms with Crippen LogP contribution in [0.4, 0.5) is 0 Å². The molecule has 0 spiro atoms. The van der Waals surface area contributed by atoms with Gasteiger partial charge in [-0.15, -0.1) is 6.42 Å². The molecule has 7 heteroatoms. The summed E-state index contributed by atoms with van der Waals surface area (Å²) in [6.07, 6.45) is 8.97. The third kappa shape index (κ3) is 3.79. The molecular weight excluding hydrogens is 405 g/mol. The first-order valence-corrected chi connectivity index (χ1v) is 7.37. The molecule has 2 aromatic heterocycles. The quantitative estimate of drug-likeness (QED) is 0.475. The number of hydrogen-bond acceptors (Lipinski definition) is 3. The van der Waals surface area contributed by atoms with Crippen LogP contribution in [0, 0.1) is 19.8 Å². The van der Waals surface area contributed by atoms with E-state index >= 15 is 0 Å². The third-order valence-electron chi connectivity index (χ3n) is 3.87. The Balaban J connectivity index is 0.00000169. The van der Waals surface area contributed by atoms with Crippen molar-refractivity contribution in [1.82, 2.24) is 18.7 Å². The van der Waals surface area contributed by atoms with Crippen molar-refractivity contribution in [2.24, 2.45) is 14.1 Å². The van der Waals surface area contributed by atoms with Crippen molar-refractivity contribution in [3.63, 3.8) is 0 Å². The molecule has 0 aliphatic carbocycles. The Morgan fingerprint density at radius 2 is 1.77 bits per heavy atom. The zero-order valence-electron chi connectivity index (χ0n) is 15.0. The molecular formula is C19H19N4O2Y-. The molecule has 131 valence electrons. The molecule has 0 N–H and O–H groups in total. The largest absolute Gasteiger partial charge is 0.358 e. The molecule has 0 aliphatic heterocycles. The average molecular weight is 424 g/mol. The summed E-state index contributed by atoms with van der Waals surface area (Å²) in [6.45, 7) is -0.0676. The molecule has 26 heavy (non-hydrogen) atoms. The number of terminal acetylenes is 1. The van der Waals surface area contributed by atoms with Crippen LogP contribution in [0.1, 0.15) is 11.4 Å². The van der Waals surface area contributed by atoms with Gasteiger partial charge in [0.15, 0.2) is 11.2 Å². The number of nitrogens with zero attached hydrogens (tertiary/aromatic N) is 4. The van der Waals surface area contributed by atoms with E-state index in [0.717, 1.165) is 10.1 Å². The number of aromatic nitrogens is 4. The molecule has 3 rings (SSSR count). The molecule has 6 nitrogen and oxygen atoms in total. The van der Waals surface area contributed by atoms with Gasteiger partial charge >= 0.3 is 5.69 Å². The minimum atomic E-state index is -0.470. The summed E-state index contributed by atoms with van der Waals surface area (Å²) in [6, 6.07) is 9.76. The van der Waals surface area contributed by atoms with Gasteiger partial charge in [0, 0.05) is 46.8 Å². The molecule has 3 aromatic rings. The zero-order valence-corrected chi connectivity index (χ0v) is 17.8. The van der Waals surface area contributed by atoms with Gasteiger partial charge in [0.25, 0.3) is 5.56 Å². The van der Waals surface area contributed by atoms with Gasteiger partial charge in [-0.2, -0.15) is 0 Å². The van der Waals surface area contributed by atoms with Crippen LogP contribution in [0.3, 0.4) is 0 Å². The van der Waals surface area contributed by atoms with E-state index in [1.807, 2.05) is 42.5 Å². The Morgan fingerprint density at radius 3 is 2.38 bits per heavy atom. The van der Waals surface area contributed by atoms with Crippen molar-refractivity contribution in [1.29, 1.82) is 0 Å². The minimum absolute atomic E-state index is 0. The Bertz CT molecular complexity index is 1100. The van der Waals surface area contributed by atoms with Gasteiger partial charge in [0.1, 0.15) is 5.82 Å². The zero-order chi connectivity index (χ0) is 17.3. The van der Waals surface area contributed by atoms with E-state index in [-0.39, 0.29) is 46.7 Å². The number of aryl methyl sites for hydroxylation is 2. The normalized spacial score (nSPS) is 10.3. The van der Waals surface area contributed by atoms with Crippen molar-refractivity contribution in [2.45, 2.75) is 6.54 Å². The fraction of sp³-hybridized carbons (Fsp3) is 0.158. The molecule has 0 amide bonds. The summed E-state index contributed by atoms with van der Waals surface area (Å²) >= 11 is 0. The van der Waals surface area contributed by atoms with Crippen molar-refractivity contribution in [3.8, 4) is 12.3 Å². The number of fused-ring (bicyclic) bond motifs is 1. The number of rotatable bonds is 3. The summed E-state index contributed by atoms with van der Waals surface area (Å²) in [7, 11) is 3.32. The molecule has 0 fully saturated rings. The van der Waals surface area contributed by atoms with Crippen molar-refractivity contribution in [3.05, 3.63) is 70.0 Å². The van der Waals surface area contributed by atoms with Crippen LogP contribution in [-0.2, 0) is 53.3 Å². The van der Waals surface area contributed by atoms with Gasteiger partial charge in [0.05, 0.1) is 6.54 Å². The summed E-state index contributed by atoms with van der Waals surface area (Å²) in [4.78, 5) is 29.2. The SMILES string of the molecule is C#CCn1c(=O)c2c(nc(/C=C/c3ccccc3)n2C)n(C)c1=O.[CH3-].[Y]. The monoisotopic (exact) mass is 424 g/mol. The molecule has 1 radical (unpaired) electrons. The van der Waals surface area contributed by atoms with Crippen molar-refractivity contribution < 1.29 is 32.7 Å². The smallest absolute Gasteiger partial charge is 0.333 e. The summed E-state index contributed by atoms with van der Waals surface area (Å²) in [5.74, 6) is 2.92. The topological polar surface area (TPSA) is 61.8 Å². The second kappa shape index (κ2) is 8.93. The van der Waals surface area contributed by atoms with E-state index in [1.165, 1.54) is 4.57 Å². The maximum atomic E-state index is 12.6. The van der Waals surface area contributed by atoms with Gasteiger partial charge < -0.3 is 12.0 Å². The van der Waals surface area contributed by atoms with E-state index in [4.69, 9.17) is 6.42 Å². The molecule has 0 saturated heterocycles. The fourth-order valence-corrected chi connectivity index (χ4v) is 2.58. The molecule has 0 bridgehead atoms. The van der Waals surface area contributed by atoms with E-state index in [9.17, 15) is 9.59 Å². The maximum Gasteiger partial charge on any atom is 0.333 e. The number of benzene rings is 1. The van der Waals surface area contributed by atoms with Crippen LogP contribution in [0.25, 0.3) is 23.3 Å². The Hall–Kier alpha value is -2.23. The molecule has 1 aromatic carbocycles. The Kier molecular flexibility index (Phi) is 7.49. The van der Waals surface area contributed by atoms with Crippen LogP contribution < -0.4 is 11.2 Å². The third-order valence-corrected chi connectivity index (χ3v) is 3.87. The van der Waals surface area contributed by atoms with E-state index < -0.39 is 11.2 Å². The molecule has 2 heterocycles. The van der Waals surface area contributed by atoms with Crippen LogP contribution >= 0.6 is 0 Å². The van der Waals surface area contributed by atoms with Gasteiger partial charge in [-0.25, -0.2) is 14.3 Å². The van der Waals surface area contributed by atoms with Crippen LogP contribution in [0.2, 0.25) is 0 Å². The number of hydrogen-bond donors (Lipinski definition) is 0. The van der Waals surface area contributed by atoms with Gasteiger partial charge in [-0.3, -0.25) is 9.36 Å². The Morgan fingerprint density at radius 1 is 1.12 bits per heavy atom. The van der Waals surface area contributed by atoms with E-state index in [2.05, 4.69) is 10.9 Å². The van der Waals surface area contributed by atoms with Crippen LogP contribution in [0.15, 0.2) is 39.9 Å². The molecule has 0 atom stereocenters. The molecule has 0 aliphatic rings. The first kappa shape index (κ1) is 21.8. The van der Waals surface area contributed by atoms with E-state index in [1.54, 1.807) is 18.7 Å². The summed E-state index contributed by atoms with van der Waals surface area (Å²) < 4.78 is 4.05. The predicted molar refractivity (Wildman–Crippen MR) is 101 cm³/mol. The number of imidazole rings is 1. The summed E-state index contributed by atoms with van der Waals surface area (Å²) in [5, 5.41) is 0. The van der Waals surface area contributed by atoms with Crippen molar-refractivity contribution in [2.75, 3.05) is 0 Å². The standard InChI is InChI=1S/C18H16N4O2.CH3.Y/c1-4-12-22-17(23)15-16(21(3)18(22)24)19-14(20(15)2)11-10-13-8-6-5-7-9-13;;/h1,5-11H,12H2,2-3H3;1H3;/q;-1;/b11-10+;;. The summed E-state index contributed by atoms with van der Waals surface area (Å²) in [5.41, 5.74) is 0.805. The predicted octanol–water partition coefficient (Wildman–Crippen LogP) is 1.69. The van der Waals surface area contributed by atoms with Gasteiger partial charge in [-0.1, -0.05) is 42.3 Å². The van der Waals surface area contributed by atoms with Crippen molar-refractivity contribution >= 4 is 23.3 Å². The first-order valence-electron chi connectivity index (χ1n) is 7.37. The second-order valence-electron chi connectivity index (χ2n) is 5.38. The maximum absolute atomic E-state index is 12.6. The van der Waals surface area contributed by atoms with Crippen LogP contribution in [-0.4, -0.2) is 18.7 Å². The first-order chi connectivity index (χ1) is 11.5. The van der Waals surface area contributed by atoms with E-state index in [0.29, 0.717) is 17.0 Å². The molecule has 0 saturated carbocycles. The average Bonchev–Trinajstić information content (AvgIpc) is 2.93. The minimum Gasteiger partial charge on any atom is -0.358 e. The second-order valence-corrected chi connectivity index (χ2v) is 5.38. The van der Waals surface area contributed by atoms with Crippen LogP contribution in [0.5, 0.6) is 0 Å². The Labute approximate surface area is 177 Å². The van der Waals surface area contributed by atoms with Gasteiger partial charge in [0.2, 0.25) is 0 Å². The molecule has 0 unspecified atom stereocenters. The fourth-order valence-electron chi connectivity index (χ4n) is 2.58.